The first-order valence-electron chi connectivity index (χ1n) is 9.32. The number of anilines is 1. The summed E-state index contributed by atoms with van der Waals surface area (Å²) in [7, 11) is 0. The van der Waals surface area contributed by atoms with E-state index in [0.29, 0.717) is 29.6 Å². The number of carbonyl (C=O) groups is 1. The number of carbonyl (C=O) groups excluding carboxylic acids is 1. The van der Waals surface area contributed by atoms with E-state index < -0.39 is 6.04 Å². The largest absolute Gasteiger partial charge is 0.492 e. The van der Waals surface area contributed by atoms with Gasteiger partial charge in [-0.15, -0.1) is 0 Å². The lowest BCUT2D eigenvalue weighted by Gasteiger charge is -2.17. The lowest BCUT2D eigenvalue weighted by molar-refractivity contribution is -0.697. The maximum atomic E-state index is 13.1. The second kappa shape index (κ2) is 9.93. The molecule has 1 amide bonds. The summed E-state index contributed by atoms with van der Waals surface area (Å²) in [5.41, 5.74) is 2.68. The van der Waals surface area contributed by atoms with Gasteiger partial charge in [0.15, 0.2) is 6.04 Å². The van der Waals surface area contributed by atoms with Gasteiger partial charge >= 0.3 is 0 Å². The van der Waals surface area contributed by atoms with Gasteiger partial charge in [0.2, 0.25) is 0 Å². The molecule has 3 aromatic carbocycles. The topological polar surface area (TPSA) is 54.9 Å². The van der Waals surface area contributed by atoms with Crippen molar-refractivity contribution < 1.29 is 14.8 Å². The number of nitrogens with one attached hydrogen (secondary N) is 1. The molecule has 3 aromatic rings. The molecule has 28 heavy (non-hydrogen) atoms. The zero-order valence-corrected chi connectivity index (χ0v) is 16.5. The maximum absolute atomic E-state index is 13.1. The molecule has 0 radical (unpaired) electrons. The number of hydrogen-bond donors (Lipinski definition) is 2. The molecule has 0 aliphatic rings. The fourth-order valence-electron chi connectivity index (χ4n) is 3.03. The first-order valence-corrected chi connectivity index (χ1v) is 9.70. The van der Waals surface area contributed by atoms with Crippen molar-refractivity contribution in [3.05, 3.63) is 95.0 Å². The predicted molar refractivity (Wildman–Crippen MR) is 113 cm³/mol. The summed E-state index contributed by atoms with van der Waals surface area (Å²) in [6.07, 6.45) is 0. The zero-order chi connectivity index (χ0) is 19.8. The molecule has 3 rings (SSSR count). The summed E-state index contributed by atoms with van der Waals surface area (Å²) in [6, 6.07) is 24.5. The molecule has 0 bridgehead atoms. The van der Waals surface area contributed by atoms with E-state index >= 15 is 0 Å². The van der Waals surface area contributed by atoms with Crippen LogP contribution in [0.25, 0.3) is 0 Å². The Morgan fingerprint density at radius 1 is 1.04 bits per heavy atom. The normalized spacial score (nSPS) is 11.6. The van der Waals surface area contributed by atoms with Gasteiger partial charge in [0.1, 0.15) is 12.3 Å². The first kappa shape index (κ1) is 19.9. The molecule has 0 aromatic heterocycles. The highest BCUT2D eigenvalue weighted by molar-refractivity contribution is 6.30. The van der Waals surface area contributed by atoms with Crippen molar-refractivity contribution in [3.63, 3.8) is 0 Å². The van der Waals surface area contributed by atoms with Gasteiger partial charge in [-0.1, -0.05) is 66.2 Å². The third-order valence-corrected chi connectivity index (χ3v) is 4.60. The van der Waals surface area contributed by atoms with Gasteiger partial charge in [0.25, 0.3) is 5.91 Å². The molecule has 0 aliphatic carbocycles. The quantitative estimate of drug-likeness (QED) is 0.601. The molecule has 0 saturated heterocycles. The molecule has 0 unspecified atom stereocenters. The molecule has 0 aliphatic heterocycles. The molecule has 1 atom stereocenters. The Morgan fingerprint density at radius 2 is 1.79 bits per heavy atom. The molecular weight excluding hydrogens is 372 g/mol. The van der Waals surface area contributed by atoms with Crippen LogP contribution in [0.2, 0.25) is 5.02 Å². The number of benzene rings is 3. The zero-order valence-electron chi connectivity index (χ0n) is 15.8. The second-order valence-electron chi connectivity index (χ2n) is 6.38. The van der Waals surface area contributed by atoms with Crippen LogP contribution in [0.15, 0.2) is 78.9 Å². The van der Waals surface area contributed by atoms with Gasteiger partial charge < -0.3 is 15.4 Å². The Morgan fingerprint density at radius 3 is 2.54 bits per heavy atom. The SMILES string of the molecule is CCOc1ccccc1NC(=O)[C@@H]([NH2+]Cc1cccc(Cl)c1)c1ccccc1. The van der Waals surface area contributed by atoms with E-state index in [1.807, 2.05) is 91.1 Å². The van der Waals surface area contributed by atoms with Crippen LogP contribution in [0.1, 0.15) is 24.1 Å². The lowest BCUT2D eigenvalue weighted by Crippen LogP contribution is -2.85. The molecule has 144 valence electrons. The van der Waals surface area contributed by atoms with E-state index in [1.165, 1.54) is 0 Å². The van der Waals surface area contributed by atoms with E-state index in [0.717, 1.165) is 11.1 Å². The monoisotopic (exact) mass is 395 g/mol. The third-order valence-electron chi connectivity index (χ3n) is 4.36. The minimum Gasteiger partial charge on any atom is -0.492 e. The van der Waals surface area contributed by atoms with Crippen LogP contribution in [-0.2, 0) is 11.3 Å². The standard InChI is InChI=1S/C23H23ClN2O2/c1-2-28-21-14-7-6-13-20(21)26-23(27)22(18-10-4-3-5-11-18)25-16-17-9-8-12-19(24)15-17/h3-15,22,25H,2,16H2,1H3,(H,26,27)/p+1/t22-/m0/s1. The molecule has 4 nitrogen and oxygen atoms in total. The average Bonchev–Trinajstić information content (AvgIpc) is 2.71. The summed E-state index contributed by atoms with van der Waals surface area (Å²) in [4.78, 5) is 13.1. The number of hydrogen-bond acceptors (Lipinski definition) is 2. The molecule has 0 saturated carbocycles. The minimum atomic E-state index is -0.394. The average molecular weight is 396 g/mol. The highest BCUT2D eigenvalue weighted by atomic mass is 35.5. The van der Waals surface area contributed by atoms with Gasteiger partial charge in [-0.2, -0.15) is 0 Å². The Kier molecular flexibility index (Phi) is 7.06. The van der Waals surface area contributed by atoms with Crippen molar-refractivity contribution in [1.29, 1.82) is 0 Å². The van der Waals surface area contributed by atoms with E-state index in [1.54, 1.807) is 0 Å². The Bertz CT molecular complexity index is 915. The number of nitrogens with two attached hydrogens (primary N) is 1. The predicted octanol–water partition coefficient (Wildman–Crippen LogP) is 4.18. The van der Waals surface area contributed by atoms with E-state index in [9.17, 15) is 4.79 Å². The summed E-state index contributed by atoms with van der Waals surface area (Å²) in [5.74, 6) is 0.570. The van der Waals surface area contributed by atoms with Crippen molar-refractivity contribution in [2.24, 2.45) is 0 Å². The highest BCUT2D eigenvalue weighted by Gasteiger charge is 2.25. The maximum Gasteiger partial charge on any atom is 0.287 e. The number of rotatable bonds is 8. The van der Waals surface area contributed by atoms with Crippen LogP contribution in [-0.4, -0.2) is 12.5 Å². The molecule has 0 heterocycles. The summed E-state index contributed by atoms with van der Waals surface area (Å²) in [6.45, 7) is 3.10. The second-order valence-corrected chi connectivity index (χ2v) is 6.81. The summed E-state index contributed by atoms with van der Waals surface area (Å²) >= 11 is 6.09. The molecule has 5 heteroatoms. The van der Waals surface area contributed by atoms with Crippen molar-refractivity contribution in [1.82, 2.24) is 0 Å². The number of ether oxygens (including phenoxy) is 1. The van der Waals surface area contributed by atoms with Crippen LogP contribution in [0, 0.1) is 0 Å². The summed E-state index contributed by atoms with van der Waals surface area (Å²) < 4.78 is 5.63. The summed E-state index contributed by atoms with van der Waals surface area (Å²) in [5, 5.41) is 5.73. The van der Waals surface area contributed by atoms with Crippen molar-refractivity contribution in [2.75, 3.05) is 11.9 Å². The van der Waals surface area contributed by atoms with Crippen LogP contribution < -0.4 is 15.4 Å². The van der Waals surface area contributed by atoms with Crippen LogP contribution >= 0.6 is 11.6 Å². The molecular formula is C23H24ClN2O2+. The van der Waals surface area contributed by atoms with Gasteiger partial charge in [0, 0.05) is 16.1 Å². The van der Waals surface area contributed by atoms with E-state index in [4.69, 9.17) is 16.3 Å². The lowest BCUT2D eigenvalue weighted by atomic mass is 10.1. The van der Waals surface area contributed by atoms with E-state index in [2.05, 4.69) is 5.32 Å². The number of halogens is 1. The van der Waals surface area contributed by atoms with Crippen LogP contribution in [0.3, 0.4) is 0 Å². The van der Waals surface area contributed by atoms with Gasteiger partial charge in [-0.25, -0.2) is 0 Å². The Labute approximate surface area is 170 Å². The van der Waals surface area contributed by atoms with Crippen LogP contribution in [0.5, 0.6) is 5.75 Å². The fraction of sp³-hybridized carbons (Fsp3) is 0.174. The minimum absolute atomic E-state index is 0.0969. The number of para-hydroxylation sites is 2. The van der Waals surface area contributed by atoms with Crippen molar-refractivity contribution >= 4 is 23.2 Å². The molecule has 3 N–H and O–H groups in total. The van der Waals surface area contributed by atoms with Crippen molar-refractivity contribution in [2.45, 2.75) is 19.5 Å². The van der Waals surface area contributed by atoms with E-state index in [-0.39, 0.29) is 5.91 Å². The number of amides is 1. The smallest absolute Gasteiger partial charge is 0.287 e. The first-order chi connectivity index (χ1) is 13.7. The Hall–Kier alpha value is -2.82. The Balaban J connectivity index is 1.79. The van der Waals surface area contributed by atoms with Gasteiger partial charge in [-0.05, 0) is 31.2 Å². The van der Waals surface area contributed by atoms with Crippen molar-refractivity contribution in [3.8, 4) is 5.75 Å². The van der Waals surface area contributed by atoms with Crippen LogP contribution in [0.4, 0.5) is 5.69 Å². The molecule has 0 fully saturated rings. The van der Waals surface area contributed by atoms with Gasteiger partial charge in [0.05, 0.1) is 12.3 Å². The fourth-order valence-corrected chi connectivity index (χ4v) is 3.25. The van der Waals surface area contributed by atoms with Gasteiger partial charge in [-0.3, -0.25) is 4.79 Å². The number of quaternary nitrogens is 1. The molecule has 0 spiro atoms. The highest BCUT2D eigenvalue weighted by Crippen LogP contribution is 2.24. The third kappa shape index (κ3) is 5.35.